The van der Waals surface area contributed by atoms with Crippen molar-refractivity contribution in [2.24, 2.45) is 7.05 Å². The summed E-state index contributed by atoms with van der Waals surface area (Å²) in [5.74, 6) is 0.248. The van der Waals surface area contributed by atoms with Crippen molar-refractivity contribution in [3.63, 3.8) is 0 Å². The van der Waals surface area contributed by atoms with E-state index in [2.05, 4.69) is 10.3 Å². The van der Waals surface area contributed by atoms with E-state index in [4.69, 9.17) is 0 Å². The molecule has 0 aromatic carbocycles. The average Bonchev–Trinajstić information content (AvgIpc) is 2.84. The van der Waals surface area contributed by atoms with Crippen molar-refractivity contribution in [2.75, 3.05) is 25.0 Å². The molecule has 6 nitrogen and oxygen atoms in total. The molecule has 1 aromatic rings. The van der Waals surface area contributed by atoms with Gasteiger partial charge < -0.3 is 14.8 Å². The Morgan fingerprint density at radius 2 is 2.18 bits per heavy atom. The van der Waals surface area contributed by atoms with Crippen LogP contribution in [0.15, 0.2) is 17.2 Å². The minimum absolute atomic E-state index is 0.0233. The molecule has 1 aromatic heterocycles. The Hall–Kier alpha value is -1.85. The number of anilines is 1. The van der Waals surface area contributed by atoms with Crippen molar-refractivity contribution in [3.8, 4) is 0 Å². The predicted molar refractivity (Wildman–Crippen MR) is 63.8 cm³/mol. The summed E-state index contributed by atoms with van der Waals surface area (Å²) in [6.45, 7) is 1.77. The fourth-order valence-electron chi connectivity index (χ4n) is 1.86. The molecule has 0 radical (unpaired) electrons. The molecule has 0 bridgehead atoms. The Kier molecular flexibility index (Phi) is 3.41. The van der Waals surface area contributed by atoms with E-state index < -0.39 is 0 Å². The number of carbonyl (C=O) groups excluding carboxylic acids is 1. The van der Waals surface area contributed by atoms with Gasteiger partial charge in [-0.3, -0.25) is 9.59 Å². The molecule has 0 aliphatic carbocycles. The van der Waals surface area contributed by atoms with Crippen molar-refractivity contribution in [1.29, 1.82) is 0 Å². The van der Waals surface area contributed by atoms with Crippen LogP contribution in [0.5, 0.6) is 0 Å². The van der Waals surface area contributed by atoms with Crippen LogP contribution in [0.3, 0.4) is 0 Å². The summed E-state index contributed by atoms with van der Waals surface area (Å²) >= 11 is 0. The number of aryl methyl sites for hydroxylation is 1. The number of hydrogen-bond acceptors (Lipinski definition) is 4. The maximum Gasteiger partial charge on any atom is 0.293 e. The molecule has 2 rings (SSSR count). The van der Waals surface area contributed by atoms with Crippen molar-refractivity contribution in [2.45, 2.75) is 12.8 Å². The predicted octanol–water partition coefficient (Wildman–Crippen LogP) is -0.185. The van der Waals surface area contributed by atoms with Gasteiger partial charge in [-0.25, -0.2) is 4.98 Å². The molecule has 6 heteroatoms. The lowest BCUT2D eigenvalue weighted by Gasteiger charge is -2.15. The molecule has 0 unspecified atom stereocenters. The monoisotopic (exact) mass is 236 g/mol. The van der Waals surface area contributed by atoms with E-state index in [1.165, 1.54) is 10.8 Å². The van der Waals surface area contributed by atoms with Crippen molar-refractivity contribution < 1.29 is 4.79 Å². The first kappa shape index (κ1) is 11.6. The van der Waals surface area contributed by atoms with Crippen LogP contribution in [0, 0.1) is 0 Å². The molecule has 1 amide bonds. The molecule has 0 atom stereocenters. The molecule has 1 saturated heterocycles. The maximum atomic E-state index is 11.7. The minimum atomic E-state index is -0.221. The number of hydrogen-bond donors (Lipinski definition) is 1. The number of carbonyl (C=O) groups is 1. The lowest BCUT2D eigenvalue weighted by Crippen LogP contribution is -2.34. The number of nitrogens with zero attached hydrogens (tertiary/aromatic N) is 3. The van der Waals surface area contributed by atoms with Gasteiger partial charge in [0.05, 0.1) is 6.54 Å². The first-order valence-corrected chi connectivity index (χ1v) is 5.72. The smallest absolute Gasteiger partial charge is 0.293 e. The van der Waals surface area contributed by atoms with E-state index in [0.717, 1.165) is 25.9 Å². The molecule has 1 aliphatic rings. The summed E-state index contributed by atoms with van der Waals surface area (Å²) in [5.41, 5.74) is -0.221. The third-order valence-corrected chi connectivity index (χ3v) is 2.88. The largest absolute Gasteiger partial charge is 0.356 e. The van der Waals surface area contributed by atoms with Crippen molar-refractivity contribution >= 4 is 11.7 Å². The van der Waals surface area contributed by atoms with Crippen LogP contribution in [0.25, 0.3) is 0 Å². The van der Waals surface area contributed by atoms with Gasteiger partial charge in [-0.2, -0.15) is 0 Å². The van der Waals surface area contributed by atoms with E-state index in [0.29, 0.717) is 0 Å². The summed E-state index contributed by atoms with van der Waals surface area (Å²) < 4.78 is 1.43. The SMILES string of the molecule is Cn1ccnc(NCC(=O)N2CCCC2)c1=O. The molecule has 1 fully saturated rings. The van der Waals surface area contributed by atoms with Gasteiger partial charge in [-0.1, -0.05) is 0 Å². The standard InChI is InChI=1S/C11H16N4O2/c1-14-7-4-12-10(11(14)17)13-8-9(16)15-5-2-3-6-15/h4,7H,2-3,5-6,8H2,1H3,(H,12,13). The minimum Gasteiger partial charge on any atom is -0.356 e. The summed E-state index contributed by atoms with van der Waals surface area (Å²) in [4.78, 5) is 29.1. The summed E-state index contributed by atoms with van der Waals surface area (Å²) in [6, 6.07) is 0. The van der Waals surface area contributed by atoms with Crippen molar-refractivity contribution in [1.82, 2.24) is 14.5 Å². The second-order valence-electron chi connectivity index (χ2n) is 4.13. The van der Waals surface area contributed by atoms with Crippen LogP contribution in [-0.2, 0) is 11.8 Å². The van der Waals surface area contributed by atoms with E-state index in [1.807, 2.05) is 0 Å². The van der Waals surface area contributed by atoms with E-state index >= 15 is 0 Å². The van der Waals surface area contributed by atoms with Gasteiger partial charge in [0.1, 0.15) is 0 Å². The summed E-state index contributed by atoms with van der Waals surface area (Å²) in [5, 5.41) is 2.79. The Morgan fingerprint density at radius 3 is 2.88 bits per heavy atom. The summed E-state index contributed by atoms with van der Waals surface area (Å²) in [7, 11) is 1.65. The van der Waals surface area contributed by atoms with Crippen LogP contribution >= 0.6 is 0 Å². The van der Waals surface area contributed by atoms with Gasteiger partial charge in [-0.05, 0) is 12.8 Å². The van der Waals surface area contributed by atoms with Gasteiger partial charge in [0.15, 0.2) is 5.82 Å². The molecular weight excluding hydrogens is 220 g/mol. The van der Waals surface area contributed by atoms with E-state index in [-0.39, 0.29) is 23.8 Å². The Labute approximate surface area is 99.3 Å². The Morgan fingerprint density at radius 1 is 1.47 bits per heavy atom. The highest BCUT2D eigenvalue weighted by Crippen LogP contribution is 2.07. The van der Waals surface area contributed by atoms with E-state index in [9.17, 15) is 9.59 Å². The lowest BCUT2D eigenvalue weighted by atomic mass is 10.4. The zero-order valence-corrected chi connectivity index (χ0v) is 9.85. The maximum absolute atomic E-state index is 11.7. The first-order chi connectivity index (χ1) is 8.18. The number of rotatable bonds is 3. The number of nitrogens with one attached hydrogen (secondary N) is 1. The lowest BCUT2D eigenvalue weighted by molar-refractivity contribution is -0.128. The van der Waals surface area contributed by atoms with Crippen molar-refractivity contribution in [3.05, 3.63) is 22.7 Å². The molecule has 1 aliphatic heterocycles. The van der Waals surface area contributed by atoms with Gasteiger partial charge in [0.2, 0.25) is 5.91 Å². The molecule has 17 heavy (non-hydrogen) atoms. The molecule has 2 heterocycles. The highest BCUT2D eigenvalue weighted by atomic mass is 16.2. The fraction of sp³-hybridized carbons (Fsp3) is 0.545. The van der Waals surface area contributed by atoms with Crippen LogP contribution in [0.2, 0.25) is 0 Å². The van der Waals surface area contributed by atoms with Gasteiger partial charge in [0.25, 0.3) is 5.56 Å². The molecule has 0 saturated carbocycles. The molecule has 0 spiro atoms. The zero-order chi connectivity index (χ0) is 12.3. The normalized spacial score (nSPS) is 15.0. The number of aromatic nitrogens is 2. The number of amides is 1. The highest BCUT2D eigenvalue weighted by molar-refractivity contribution is 5.80. The summed E-state index contributed by atoms with van der Waals surface area (Å²) in [6.07, 6.45) is 5.24. The average molecular weight is 236 g/mol. The Balaban J connectivity index is 1.95. The fourth-order valence-corrected chi connectivity index (χ4v) is 1.86. The van der Waals surface area contributed by atoms with Gasteiger partial charge >= 0.3 is 0 Å². The molecular formula is C11H16N4O2. The molecule has 92 valence electrons. The van der Waals surface area contributed by atoms with Crippen LogP contribution in [0.1, 0.15) is 12.8 Å². The van der Waals surface area contributed by atoms with Crippen LogP contribution in [-0.4, -0.2) is 40.0 Å². The van der Waals surface area contributed by atoms with E-state index in [1.54, 1.807) is 18.1 Å². The number of likely N-dealkylation sites (tertiary alicyclic amines) is 1. The van der Waals surface area contributed by atoms with Gasteiger partial charge in [0, 0.05) is 32.5 Å². The third-order valence-electron chi connectivity index (χ3n) is 2.88. The quantitative estimate of drug-likeness (QED) is 0.790. The first-order valence-electron chi connectivity index (χ1n) is 5.72. The zero-order valence-electron chi connectivity index (χ0n) is 9.85. The highest BCUT2D eigenvalue weighted by Gasteiger charge is 2.17. The topological polar surface area (TPSA) is 67.2 Å². The second kappa shape index (κ2) is 4.99. The second-order valence-corrected chi connectivity index (χ2v) is 4.13. The third kappa shape index (κ3) is 2.64. The van der Waals surface area contributed by atoms with Gasteiger partial charge in [-0.15, -0.1) is 0 Å². The molecule has 1 N–H and O–H groups in total. The van der Waals surface area contributed by atoms with Crippen LogP contribution in [0.4, 0.5) is 5.82 Å². The Bertz CT molecular complexity index is 463. The van der Waals surface area contributed by atoms with Crippen LogP contribution < -0.4 is 10.9 Å².